The molecule has 0 amide bonds. The fourth-order valence-corrected chi connectivity index (χ4v) is 3.14. The zero-order valence-corrected chi connectivity index (χ0v) is 11.3. The van der Waals surface area contributed by atoms with Crippen molar-refractivity contribution in [3.63, 3.8) is 0 Å². The van der Waals surface area contributed by atoms with Crippen molar-refractivity contribution in [2.75, 3.05) is 4.72 Å². The summed E-state index contributed by atoms with van der Waals surface area (Å²) in [5.74, 6) is 0.0902. The van der Waals surface area contributed by atoms with Crippen molar-refractivity contribution in [1.29, 1.82) is 0 Å². The Hall–Kier alpha value is -1.45. The summed E-state index contributed by atoms with van der Waals surface area (Å²) in [5.41, 5.74) is 0. The van der Waals surface area contributed by atoms with Gasteiger partial charge in [-0.3, -0.25) is 0 Å². The second-order valence-corrected chi connectivity index (χ2v) is 5.56. The van der Waals surface area contributed by atoms with Crippen LogP contribution in [0.2, 0.25) is 0 Å². The molecule has 96 valence electrons. The molecule has 0 radical (unpaired) electrons. The lowest BCUT2D eigenvalue weighted by Crippen LogP contribution is -2.14. The van der Waals surface area contributed by atoms with Crippen LogP contribution in [0.1, 0.15) is 5.76 Å². The summed E-state index contributed by atoms with van der Waals surface area (Å²) in [4.78, 5) is 7.37. The predicted octanol–water partition coefficient (Wildman–Crippen LogP) is 1.13. The van der Waals surface area contributed by atoms with Crippen molar-refractivity contribution in [1.82, 2.24) is 9.97 Å². The summed E-state index contributed by atoms with van der Waals surface area (Å²) in [6.07, 6.45) is 2.82. The fourth-order valence-electron chi connectivity index (χ4n) is 1.19. The van der Waals surface area contributed by atoms with Crippen LogP contribution >= 0.6 is 15.9 Å². The van der Waals surface area contributed by atoms with E-state index in [9.17, 15) is 8.42 Å². The average Bonchev–Trinajstić information content (AvgIpc) is 2.72. The molecule has 0 aliphatic carbocycles. The van der Waals surface area contributed by atoms with Crippen LogP contribution in [0.5, 0.6) is 0 Å². The monoisotopic (exact) mass is 333 g/mol. The third-order valence-corrected chi connectivity index (χ3v) is 4.13. The molecule has 9 heteroatoms. The molecule has 0 atom stereocenters. The Labute approximate surface area is 111 Å². The van der Waals surface area contributed by atoms with Crippen LogP contribution in [0.25, 0.3) is 0 Å². The highest BCUT2D eigenvalue weighted by molar-refractivity contribution is 9.10. The van der Waals surface area contributed by atoms with E-state index < -0.39 is 16.6 Å². The number of aromatic nitrogens is 2. The second-order valence-electron chi connectivity index (χ2n) is 3.19. The molecule has 0 bridgehead atoms. The molecule has 0 unspecified atom stereocenters. The molecule has 0 saturated carbocycles. The van der Waals surface area contributed by atoms with Gasteiger partial charge < -0.3 is 9.52 Å². The Kier molecular flexibility index (Phi) is 3.64. The van der Waals surface area contributed by atoms with E-state index in [-0.39, 0.29) is 21.3 Å². The highest BCUT2D eigenvalue weighted by atomic mass is 79.9. The quantitative estimate of drug-likeness (QED) is 0.868. The maximum Gasteiger partial charge on any atom is 0.268 e. The maximum absolute atomic E-state index is 12.0. The van der Waals surface area contributed by atoms with Crippen LogP contribution in [0.3, 0.4) is 0 Å². The normalized spacial score (nSPS) is 11.4. The standard InChI is InChI=1S/C9H8BrN3O4S/c10-8-7(4-6(5-14)17-8)18(15,16)13-9-11-2-1-3-12-9/h1-4,14H,5H2,(H,11,12,13). The summed E-state index contributed by atoms with van der Waals surface area (Å²) in [7, 11) is -3.86. The first kappa shape index (κ1) is 13.0. The van der Waals surface area contributed by atoms with E-state index in [0.29, 0.717) is 0 Å². The molecule has 0 aliphatic heterocycles. The van der Waals surface area contributed by atoms with E-state index in [4.69, 9.17) is 9.52 Å². The number of anilines is 1. The second kappa shape index (κ2) is 5.04. The molecule has 0 aromatic carbocycles. The van der Waals surface area contributed by atoms with Gasteiger partial charge >= 0.3 is 0 Å². The number of halogens is 1. The van der Waals surface area contributed by atoms with Crippen LogP contribution in [-0.4, -0.2) is 23.5 Å². The summed E-state index contributed by atoms with van der Waals surface area (Å²) in [6.45, 7) is -0.393. The van der Waals surface area contributed by atoms with Gasteiger partial charge in [0.1, 0.15) is 17.3 Å². The summed E-state index contributed by atoms with van der Waals surface area (Å²) >= 11 is 2.97. The number of hydrogen-bond acceptors (Lipinski definition) is 6. The SMILES string of the molecule is O=S(=O)(Nc1ncccn1)c1cc(CO)oc1Br. The molecule has 2 aromatic heterocycles. The number of aliphatic hydroxyl groups is 1. The van der Waals surface area contributed by atoms with Crippen LogP contribution in [-0.2, 0) is 16.6 Å². The van der Waals surface area contributed by atoms with Gasteiger partial charge in [-0.15, -0.1) is 0 Å². The Morgan fingerprint density at radius 3 is 2.61 bits per heavy atom. The molecule has 0 saturated heterocycles. The topological polar surface area (TPSA) is 105 Å². The van der Waals surface area contributed by atoms with Crippen molar-refractivity contribution in [2.24, 2.45) is 0 Å². The molecule has 7 nitrogen and oxygen atoms in total. The zero-order chi connectivity index (χ0) is 13.2. The minimum atomic E-state index is -3.86. The first-order valence-electron chi connectivity index (χ1n) is 4.72. The fraction of sp³-hybridized carbons (Fsp3) is 0.111. The van der Waals surface area contributed by atoms with Gasteiger partial charge in [-0.1, -0.05) is 0 Å². The Morgan fingerprint density at radius 1 is 1.39 bits per heavy atom. The summed E-state index contributed by atoms with van der Waals surface area (Å²) in [6, 6.07) is 2.78. The molecule has 2 aromatic rings. The Bertz CT molecular complexity index is 641. The molecule has 0 aliphatic rings. The predicted molar refractivity (Wildman–Crippen MR) is 65.2 cm³/mol. The van der Waals surface area contributed by atoms with Crippen molar-refractivity contribution in [2.45, 2.75) is 11.5 Å². The number of nitrogens with zero attached hydrogens (tertiary/aromatic N) is 2. The highest BCUT2D eigenvalue weighted by Crippen LogP contribution is 2.27. The van der Waals surface area contributed by atoms with E-state index in [1.807, 2.05) is 0 Å². The molecule has 2 N–H and O–H groups in total. The first-order chi connectivity index (χ1) is 8.53. The Morgan fingerprint density at radius 2 is 2.06 bits per heavy atom. The summed E-state index contributed by atoms with van der Waals surface area (Å²) in [5, 5.41) is 8.88. The summed E-state index contributed by atoms with van der Waals surface area (Å²) < 4.78 is 31.2. The number of sulfonamides is 1. The lowest BCUT2D eigenvalue weighted by atomic mass is 10.5. The maximum atomic E-state index is 12.0. The van der Waals surface area contributed by atoms with Crippen LogP contribution in [0.4, 0.5) is 5.95 Å². The van der Waals surface area contributed by atoms with Crippen molar-refractivity contribution >= 4 is 31.9 Å². The van der Waals surface area contributed by atoms with Gasteiger partial charge in [-0.2, -0.15) is 0 Å². The lowest BCUT2D eigenvalue weighted by molar-refractivity contribution is 0.245. The van der Waals surface area contributed by atoms with E-state index in [0.717, 1.165) is 0 Å². The van der Waals surface area contributed by atoms with Crippen molar-refractivity contribution in [3.05, 3.63) is 35.0 Å². The highest BCUT2D eigenvalue weighted by Gasteiger charge is 2.23. The molecular formula is C9H8BrN3O4S. The van der Waals surface area contributed by atoms with Crippen molar-refractivity contribution < 1.29 is 17.9 Å². The Balaban J connectivity index is 2.34. The smallest absolute Gasteiger partial charge is 0.268 e. The van der Waals surface area contributed by atoms with E-state index >= 15 is 0 Å². The van der Waals surface area contributed by atoms with Gasteiger partial charge in [0.2, 0.25) is 5.95 Å². The molecule has 0 fully saturated rings. The third-order valence-electron chi connectivity index (χ3n) is 1.94. The number of furan rings is 1. The molecule has 0 spiro atoms. The number of nitrogens with one attached hydrogen (secondary N) is 1. The molecule has 18 heavy (non-hydrogen) atoms. The minimum Gasteiger partial charge on any atom is -0.450 e. The largest absolute Gasteiger partial charge is 0.450 e. The van der Waals surface area contributed by atoms with Gasteiger partial charge in [0, 0.05) is 18.5 Å². The van der Waals surface area contributed by atoms with Crippen molar-refractivity contribution in [3.8, 4) is 0 Å². The molecule has 2 rings (SSSR count). The molecular weight excluding hydrogens is 326 g/mol. The van der Waals surface area contributed by atoms with E-state index in [1.165, 1.54) is 18.5 Å². The lowest BCUT2D eigenvalue weighted by Gasteiger charge is -2.03. The zero-order valence-electron chi connectivity index (χ0n) is 8.87. The van der Waals surface area contributed by atoms with Gasteiger partial charge in [0.05, 0.1) is 0 Å². The number of aliphatic hydroxyl groups excluding tert-OH is 1. The minimum absolute atomic E-state index is 0.00924. The van der Waals surface area contributed by atoms with Gasteiger partial charge in [0.15, 0.2) is 4.67 Å². The first-order valence-corrected chi connectivity index (χ1v) is 6.99. The van der Waals surface area contributed by atoms with Crippen LogP contribution in [0, 0.1) is 0 Å². The number of rotatable bonds is 4. The molecule has 2 heterocycles. The average molecular weight is 334 g/mol. The van der Waals surface area contributed by atoms with Crippen LogP contribution in [0.15, 0.2) is 38.5 Å². The van der Waals surface area contributed by atoms with E-state index in [2.05, 4.69) is 30.6 Å². The van der Waals surface area contributed by atoms with Crippen LogP contribution < -0.4 is 4.72 Å². The number of hydrogen-bond donors (Lipinski definition) is 2. The third kappa shape index (κ3) is 2.68. The van der Waals surface area contributed by atoms with Gasteiger partial charge in [-0.25, -0.2) is 23.1 Å². The van der Waals surface area contributed by atoms with Gasteiger partial charge in [0.25, 0.3) is 10.0 Å². The van der Waals surface area contributed by atoms with E-state index in [1.54, 1.807) is 6.07 Å². The van der Waals surface area contributed by atoms with Gasteiger partial charge in [-0.05, 0) is 22.0 Å².